The normalized spacial score (nSPS) is 50.9. The molecule has 7 heteroatoms. The molecule has 4 unspecified atom stereocenters. The second kappa shape index (κ2) is 6.47. The van der Waals surface area contributed by atoms with Gasteiger partial charge in [-0.3, -0.25) is 14.4 Å². The first-order valence-corrected chi connectivity index (χ1v) is 12.8. The summed E-state index contributed by atoms with van der Waals surface area (Å²) in [6.45, 7) is 8.27. The maximum atomic E-state index is 14.1. The van der Waals surface area contributed by atoms with Gasteiger partial charge in [0.2, 0.25) is 0 Å². The number of furan rings is 1. The summed E-state index contributed by atoms with van der Waals surface area (Å²) in [7, 11) is 1.39. The highest BCUT2D eigenvalue weighted by Gasteiger charge is 2.83. The summed E-state index contributed by atoms with van der Waals surface area (Å²) >= 11 is 0. The molecule has 5 fully saturated rings. The quantitative estimate of drug-likeness (QED) is 0.480. The Bertz CT molecular complexity index is 1200. The topological polar surface area (TPSA) is 92.0 Å². The van der Waals surface area contributed by atoms with E-state index < -0.39 is 28.5 Å². The molecule has 0 radical (unpaired) electrons. The largest absolute Gasteiger partial charge is 0.472 e. The summed E-state index contributed by atoms with van der Waals surface area (Å²) in [4.78, 5) is 40.5. The molecule has 1 aromatic rings. The fourth-order valence-corrected chi connectivity index (χ4v) is 9.74. The van der Waals surface area contributed by atoms with Crippen molar-refractivity contribution in [3.05, 3.63) is 35.3 Å². The number of ether oxygens (including phenoxy) is 3. The number of esters is 2. The van der Waals surface area contributed by atoms with Crippen molar-refractivity contribution in [3.8, 4) is 0 Å². The number of carbonyl (C=O) groups is 3. The summed E-state index contributed by atoms with van der Waals surface area (Å²) in [6.07, 6.45) is 4.03. The molecule has 0 bridgehead atoms. The minimum Gasteiger partial charge on any atom is -0.472 e. The van der Waals surface area contributed by atoms with Gasteiger partial charge in [-0.15, -0.1) is 0 Å². The lowest BCUT2D eigenvalue weighted by Gasteiger charge is -2.60. The molecule has 0 spiro atoms. The summed E-state index contributed by atoms with van der Waals surface area (Å²) < 4.78 is 23.5. The van der Waals surface area contributed by atoms with Crippen molar-refractivity contribution in [3.63, 3.8) is 0 Å². The van der Waals surface area contributed by atoms with Crippen LogP contribution >= 0.6 is 0 Å². The highest BCUT2D eigenvalue weighted by atomic mass is 16.6. The maximum absolute atomic E-state index is 14.1. The zero-order valence-corrected chi connectivity index (χ0v) is 20.8. The Labute approximate surface area is 204 Å². The fourth-order valence-electron chi connectivity index (χ4n) is 9.74. The van der Waals surface area contributed by atoms with E-state index >= 15 is 0 Å². The minimum absolute atomic E-state index is 0.0287. The van der Waals surface area contributed by atoms with Crippen LogP contribution in [0.15, 0.2) is 34.2 Å². The van der Waals surface area contributed by atoms with Crippen molar-refractivity contribution in [1.29, 1.82) is 0 Å². The first-order chi connectivity index (χ1) is 16.6. The van der Waals surface area contributed by atoms with Crippen LogP contribution in [-0.2, 0) is 28.6 Å². The van der Waals surface area contributed by atoms with E-state index in [9.17, 15) is 14.4 Å². The number of ketones is 1. The van der Waals surface area contributed by atoms with Crippen molar-refractivity contribution in [2.45, 2.75) is 71.2 Å². The van der Waals surface area contributed by atoms with Crippen LogP contribution in [-0.4, -0.2) is 43.1 Å². The molecular weight excluding hydrogens is 448 g/mol. The Morgan fingerprint density at radius 1 is 1.14 bits per heavy atom. The van der Waals surface area contributed by atoms with Gasteiger partial charge in [0.05, 0.1) is 37.6 Å². The molecular formula is C28H32O7. The minimum atomic E-state index is -0.887. The van der Waals surface area contributed by atoms with Gasteiger partial charge >= 0.3 is 11.9 Å². The second-order valence-electron chi connectivity index (χ2n) is 12.3. The van der Waals surface area contributed by atoms with E-state index in [-0.39, 0.29) is 59.8 Å². The first-order valence-electron chi connectivity index (χ1n) is 12.8. The fraction of sp³-hybridized carbons (Fsp3) is 0.679. The number of Topliss-reactive ketones (excluding diaryl/α,β-unsaturated/α-hetero) is 1. The summed E-state index contributed by atoms with van der Waals surface area (Å²) in [5, 5.41) is 0. The molecule has 4 aliphatic carbocycles. The second-order valence-corrected chi connectivity index (χ2v) is 12.3. The highest BCUT2D eigenvalue weighted by molar-refractivity contribution is 5.97. The van der Waals surface area contributed by atoms with Crippen LogP contribution in [0.25, 0.3) is 0 Å². The third-order valence-corrected chi connectivity index (χ3v) is 11.2. The van der Waals surface area contributed by atoms with Crippen molar-refractivity contribution in [1.82, 2.24) is 0 Å². The lowest BCUT2D eigenvalue weighted by atomic mass is 9.40. The van der Waals surface area contributed by atoms with Gasteiger partial charge in [-0.05, 0) is 55.7 Å². The highest BCUT2D eigenvalue weighted by Crippen LogP contribution is 2.77. The van der Waals surface area contributed by atoms with Crippen LogP contribution in [0, 0.1) is 39.9 Å². The molecule has 7 rings (SSSR count). The Morgan fingerprint density at radius 2 is 1.91 bits per heavy atom. The molecule has 186 valence electrons. The molecule has 3 saturated carbocycles. The number of methoxy groups -OCH3 is 1. The Hall–Kier alpha value is -2.41. The summed E-state index contributed by atoms with van der Waals surface area (Å²) in [6, 6.07) is 1.99. The average molecular weight is 481 g/mol. The number of hydrogen-bond acceptors (Lipinski definition) is 7. The van der Waals surface area contributed by atoms with Gasteiger partial charge in [-0.2, -0.15) is 0 Å². The Morgan fingerprint density at radius 3 is 2.60 bits per heavy atom. The standard InChI is InChI=1S/C28H32O7/c1-12-14(13-6-7-33-11-13)9-17-20(12)27(3)18(10-19(29)32-5)28(4)22-21(24(27)34-17)35-25(31)26(22,2)16-8-15(16)23(28)30/h6-7,11,14-18,21-22,24H,8-10H2,1-5H3/t14-,15?,16?,17+,18+,21?,22?,24-,26-,27-,28-/m1/s1. The molecule has 6 aliphatic rings. The monoisotopic (exact) mass is 480 g/mol. The van der Waals surface area contributed by atoms with E-state index in [2.05, 4.69) is 13.8 Å². The van der Waals surface area contributed by atoms with Gasteiger partial charge < -0.3 is 18.6 Å². The molecule has 3 heterocycles. The maximum Gasteiger partial charge on any atom is 0.312 e. The van der Waals surface area contributed by atoms with Gasteiger partial charge in [0.1, 0.15) is 18.0 Å². The van der Waals surface area contributed by atoms with Crippen LogP contribution in [0.3, 0.4) is 0 Å². The predicted molar refractivity (Wildman–Crippen MR) is 122 cm³/mol. The van der Waals surface area contributed by atoms with Crippen LogP contribution in [0.4, 0.5) is 0 Å². The van der Waals surface area contributed by atoms with Crippen LogP contribution in [0.5, 0.6) is 0 Å². The van der Waals surface area contributed by atoms with E-state index in [1.54, 1.807) is 12.5 Å². The number of rotatable bonds is 3. The van der Waals surface area contributed by atoms with E-state index in [0.29, 0.717) is 0 Å². The van der Waals surface area contributed by atoms with E-state index in [4.69, 9.17) is 18.6 Å². The SMILES string of the molecule is COC(=O)C[C@H]1[C@]2(C)C3=C(C)[C@H](c4ccoc4)C[C@@H]3O[C@@H]2C2OC(=O)[C@]3(C)C4CC4C(=O)[C@@]1(C)C23. The number of carbonyl (C=O) groups excluding carboxylic acids is 3. The van der Waals surface area contributed by atoms with Gasteiger partial charge in [0, 0.05) is 28.6 Å². The molecule has 0 aromatic carbocycles. The lowest BCUT2D eigenvalue weighted by molar-refractivity contribution is -0.198. The van der Waals surface area contributed by atoms with Crippen molar-refractivity contribution in [2.75, 3.05) is 7.11 Å². The molecule has 11 atom stereocenters. The van der Waals surface area contributed by atoms with Crippen LogP contribution in [0.1, 0.15) is 58.4 Å². The first kappa shape index (κ1) is 21.8. The molecule has 2 saturated heterocycles. The average Bonchev–Trinajstić information content (AvgIpc) is 3.07. The predicted octanol–water partition coefficient (Wildman–Crippen LogP) is 3.82. The Balaban J connectivity index is 1.45. The van der Waals surface area contributed by atoms with Gasteiger partial charge in [-0.25, -0.2) is 0 Å². The zero-order valence-electron chi connectivity index (χ0n) is 20.8. The molecule has 1 aromatic heterocycles. The summed E-state index contributed by atoms with van der Waals surface area (Å²) in [5.74, 6) is -0.967. The third kappa shape index (κ3) is 2.26. The molecule has 7 nitrogen and oxygen atoms in total. The van der Waals surface area contributed by atoms with E-state index in [1.807, 2.05) is 19.9 Å². The van der Waals surface area contributed by atoms with Crippen LogP contribution < -0.4 is 0 Å². The van der Waals surface area contributed by atoms with Gasteiger partial charge in [0.25, 0.3) is 0 Å². The number of allylic oxidation sites excluding steroid dienone is 1. The van der Waals surface area contributed by atoms with Crippen LogP contribution in [0.2, 0.25) is 0 Å². The van der Waals surface area contributed by atoms with Crippen molar-refractivity contribution in [2.24, 2.45) is 39.9 Å². The zero-order chi connectivity index (χ0) is 24.7. The van der Waals surface area contributed by atoms with E-state index in [1.165, 1.54) is 12.7 Å². The number of fused-ring (bicyclic) bond motifs is 6. The Kier molecular flexibility index (Phi) is 4.04. The smallest absolute Gasteiger partial charge is 0.312 e. The van der Waals surface area contributed by atoms with E-state index in [0.717, 1.165) is 24.0 Å². The molecule has 0 N–H and O–H groups in total. The van der Waals surface area contributed by atoms with Gasteiger partial charge in [-0.1, -0.05) is 19.4 Å². The van der Waals surface area contributed by atoms with Crippen molar-refractivity contribution >= 4 is 17.7 Å². The number of hydrogen-bond donors (Lipinski definition) is 0. The van der Waals surface area contributed by atoms with Gasteiger partial charge in [0.15, 0.2) is 0 Å². The van der Waals surface area contributed by atoms with Crippen molar-refractivity contribution < 1.29 is 33.0 Å². The molecule has 2 aliphatic heterocycles. The lowest BCUT2D eigenvalue weighted by Crippen LogP contribution is -2.67. The molecule has 0 amide bonds. The molecule has 35 heavy (non-hydrogen) atoms. The summed E-state index contributed by atoms with van der Waals surface area (Å²) in [5.41, 5.74) is 1.22. The third-order valence-electron chi connectivity index (χ3n) is 11.2.